The van der Waals surface area contributed by atoms with Gasteiger partial charge in [-0.1, -0.05) is 30.3 Å². The largest absolute Gasteiger partial charge is 0.454 e. The molecule has 7 heteroatoms. The molecule has 0 radical (unpaired) electrons. The van der Waals surface area contributed by atoms with Gasteiger partial charge in [0.15, 0.2) is 11.5 Å². The lowest BCUT2D eigenvalue weighted by Crippen LogP contribution is -2.44. The zero-order valence-corrected chi connectivity index (χ0v) is 17.6. The first kappa shape index (κ1) is 19.1. The summed E-state index contributed by atoms with van der Waals surface area (Å²) in [7, 11) is 0. The number of likely N-dealkylation sites (tertiary alicyclic amines) is 1. The van der Waals surface area contributed by atoms with Crippen LogP contribution >= 0.6 is 0 Å². The Kier molecular flexibility index (Phi) is 4.31. The van der Waals surface area contributed by atoms with Crippen molar-refractivity contribution in [2.45, 2.75) is 31.1 Å². The quantitative estimate of drug-likeness (QED) is 0.676. The number of aromatic amines is 1. The third-order valence-electron chi connectivity index (χ3n) is 7.05. The van der Waals surface area contributed by atoms with E-state index in [0.717, 1.165) is 42.5 Å². The maximum atomic E-state index is 13.1. The highest BCUT2D eigenvalue weighted by atomic mass is 16.7. The molecule has 1 saturated heterocycles. The number of amides is 1. The predicted molar refractivity (Wildman–Crippen MR) is 118 cm³/mol. The Morgan fingerprint density at radius 3 is 2.59 bits per heavy atom. The van der Waals surface area contributed by atoms with Gasteiger partial charge in [0.2, 0.25) is 6.79 Å². The second-order valence-electron chi connectivity index (χ2n) is 8.75. The van der Waals surface area contributed by atoms with E-state index in [2.05, 4.69) is 4.98 Å². The summed E-state index contributed by atoms with van der Waals surface area (Å²) in [5.41, 5.74) is 3.07. The first-order chi connectivity index (χ1) is 15.6. The molecule has 1 aromatic heterocycles. The van der Waals surface area contributed by atoms with Gasteiger partial charge in [0.25, 0.3) is 11.5 Å². The molecule has 1 aliphatic carbocycles. The van der Waals surface area contributed by atoms with Gasteiger partial charge >= 0.3 is 0 Å². The van der Waals surface area contributed by atoms with Crippen LogP contribution in [0, 0.1) is 0 Å². The van der Waals surface area contributed by atoms with Crippen molar-refractivity contribution in [3.05, 3.63) is 75.7 Å². The topological polar surface area (TPSA) is 84.5 Å². The molecular formula is C25H23N3O4. The van der Waals surface area contributed by atoms with E-state index in [1.165, 1.54) is 0 Å². The lowest BCUT2D eigenvalue weighted by Gasteiger charge is -2.39. The van der Waals surface area contributed by atoms with Crippen molar-refractivity contribution in [1.82, 2.24) is 14.9 Å². The van der Waals surface area contributed by atoms with Gasteiger partial charge in [-0.05, 0) is 43.9 Å². The number of hydrogen-bond donors (Lipinski definition) is 1. The number of ether oxygens (including phenoxy) is 2. The van der Waals surface area contributed by atoms with Crippen molar-refractivity contribution < 1.29 is 14.3 Å². The zero-order valence-electron chi connectivity index (χ0n) is 17.6. The summed E-state index contributed by atoms with van der Waals surface area (Å²) in [5.74, 6) is 1.91. The van der Waals surface area contributed by atoms with E-state index in [9.17, 15) is 9.59 Å². The van der Waals surface area contributed by atoms with Crippen molar-refractivity contribution >= 4 is 5.91 Å². The van der Waals surface area contributed by atoms with Crippen LogP contribution in [-0.2, 0) is 11.8 Å². The number of aromatic nitrogens is 2. The van der Waals surface area contributed by atoms with Gasteiger partial charge in [0, 0.05) is 35.2 Å². The molecule has 1 amide bonds. The number of fused-ring (bicyclic) bond motifs is 3. The average molecular weight is 429 g/mol. The molecule has 162 valence electrons. The predicted octanol–water partition coefficient (Wildman–Crippen LogP) is 3.29. The molecule has 1 fully saturated rings. The normalized spacial score (nSPS) is 18.1. The first-order valence-corrected chi connectivity index (χ1v) is 11.0. The molecule has 1 N–H and O–H groups in total. The summed E-state index contributed by atoms with van der Waals surface area (Å²) < 4.78 is 10.8. The van der Waals surface area contributed by atoms with Gasteiger partial charge in [-0.3, -0.25) is 9.59 Å². The van der Waals surface area contributed by atoms with Crippen LogP contribution in [0.3, 0.4) is 0 Å². The van der Waals surface area contributed by atoms with E-state index in [-0.39, 0.29) is 23.7 Å². The lowest BCUT2D eigenvalue weighted by atomic mass is 9.76. The average Bonchev–Trinajstić information content (AvgIpc) is 3.45. The molecule has 0 bridgehead atoms. The number of hydrogen-bond acceptors (Lipinski definition) is 5. The van der Waals surface area contributed by atoms with Crippen LogP contribution in [0.15, 0.2) is 53.3 Å². The van der Waals surface area contributed by atoms with Crippen LogP contribution in [0.4, 0.5) is 0 Å². The highest BCUT2D eigenvalue weighted by Crippen LogP contribution is 2.45. The van der Waals surface area contributed by atoms with Crippen molar-refractivity contribution in [3.8, 4) is 22.9 Å². The molecule has 2 aromatic carbocycles. The molecule has 3 aromatic rings. The number of piperidine rings is 1. The Labute approximate surface area is 185 Å². The molecule has 0 unspecified atom stereocenters. The van der Waals surface area contributed by atoms with Crippen molar-refractivity contribution in [2.75, 3.05) is 19.9 Å². The molecule has 32 heavy (non-hydrogen) atoms. The minimum absolute atomic E-state index is 0.000197. The van der Waals surface area contributed by atoms with Crippen molar-refractivity contribution in [3.63, 3.8) is 0 Å². The van der Waals surface area contributed by atoms with Gasteiger partial charge in [-0.25, -0.2) is 4.98 Å². The third-order valence-corrected chi connectivity index (χ3v) is 7.05. The van der Waals surface area contributed by atoms with E-state index in [1.807, 2.05) is 35.2 Å². The fourth-order valence-electron chi connectivity index (χ4n) is 5.22. The van der Waals surface area contributed by atoms with Crippen LogP contribution in [-0.4, -0.2) is 40.7 Å². The van der Waals surface area contributed by atoms with Crippen molar-refractivity contribution in [1.29, 1.82) is 0 Å². The minimum Gasteiger partial charge on any atom is -0.454 e. The van der Waals surface area contributed by atoms with Gasteiger partial charge in [-0.15, -0.1) is 0 Å². The minimum atomic E-state index is -0.140. The van der Waals surface area contributed by atoms with Gasteiger partial charge < -0.3 is 19.4 Å². The zero-order chi connectivity index (χ0) is 21.7. The van der Waals surface area contributed by atoms with E-state index in [4.69, 9.17) is 14.5 Å². The molecule has 0 atom stereocenters. The van der Waals surface area contributed by atoms with E-state index < -0.39 is 0 Å². The van der Waals surface area contributed by atoms with E-state index in [0.29, 0.717) is 36.0 Å². The van der Waals surface area contributed by atoms with Crippen LogP contribution in [0.2, 0.25) is 0 Å². The molecule has 7 nitrogen and oxygen atoms in total. The molecular weight excluding hydrogens is 406 g/mol. The number of benzene rings is 2. The molecule has 3 heterocycles. The Hall–Kier alpha value is -3.61. The Morgan fingerprint density at radius 1 is 1.00 bits per heavy atom. The molecule has 2 aliphatic heterocycles. The maximum absolute atomic E-state index is 13.1. The lowest BCUT2D eigenvalue weighted by molar-refractivity contribution is 0.0663. The van der Waals surface area contributed by atoms with Crippen molar-refractivity contribution in [2.24, 2.45) is 0 Å². The Balaban J connectivity index is 1.25. The SMILES string of the molecule is O=C(c1ccc2c(c1)OCO2)N1CCC2(CCc3c2nc(-c2ccccc2)[nH]c3=O)CC1. The number of rotatable bonds is 2. The summed E-state index contributed by atoms with van der Waals surface area (Å²) >= 11 is 0. The second kappa shape index (κ2) is 7.22. The van der Waals surface area contributed by atoms with Crippen LogP contribution < -0.4 is 15.0 Å². The van der Waals surface area contributed by atoms with Crippen LogP contribution in [0.25, 0.3) is 11.4 Å². The Morgan fingerprint density at radius 2 is 1.78 bits per heavy atom. The van der Waals surface area contributed by atoms with Crippen LogP contribution in [0.5, 0.6) is 11.5 Å². The monoisotopic (exact) mass is 429 g/mol. The fraction of sp³-hybridized carbons (Fsp3) is 0.320. The van der Waals surface area contributed by atoms with E-state index >= 15 is 0 Å². The summed E-state index contributed by atoms with van der Waals surface area (Å²) in [6, 6.07) is 15.1. The molecule has 0 saturated carbocycles. The number of nitrogens with one attached hydrogen (secondary N) is 1. The fourth-order valence-corrected chi connectivity index (χ4v) is 5.22. The number of carbonyl (C=O) groups is 1. The van der Waals surface area contributed by atoms with Gasteiger partial charge in [0.1, 0.15) is 5.82 Å². The van der Waals surface area contributed by atoms with Gasteiger partial charge in [-0.2, -0.15) is 0 Å². The smallest absolute Gasteiger partial charge is 0.254 e. The molecule has 1 spiro atoms. The third kappa shape index (κ3) is 2.99. The summed E-state index contributed by atoms with van der Waals surface area (Å²) in [6.45, 7) is 1.47. The number of nitrogens with zero attached hydrogens (tertiary/aromatic N) is 2. The standard InChI is InChI=1S/C25H23N3O4/c29-23-18-8-9-25(21(18)26-22(27-23)16-4-2-1-3-5-16)10-12-28(13-11-25)24(30)17-6-7-19-20(14-17)32-15-31-19/h1-7,14H,8-13,15H2,(H,26,27,29). The van der Waals surface area contributed by atoms with E-state index in [1.54, 1.807) is 18.2 Å². The van der Waals surface area contributed by atoms with Crippen LogP contribution in [0.1, 0.15) is 40.9 Å². The number of H-pyrrole nitrogens is 1. The van der Waals surface area contributed by atoms with Gasteiger partial charge in [0.05, 0.1) is 5.69 Å². The summed E-state index contributed by atoms with van der Waals surface area (Å²) in [4.78, 5) is 35.7. The summed E-state index contributed by atoms with van der Waals surface area (Å²) in [5, 5.41) is 0. The summed E-state index contributed by atoms with van der Waals surface area (Å²) in [6.07, 6.45) is 3.26. The highest BCUT2D eigenvalue weighted by molar-refractivity contribution is 5.95. The first-order valence-electron chi connectivity index (χ1n) is 11.0. The maximum Gasteiger partial charge on any atom is 0.254 e. The highest BCUT2D eigenvalue weighted by Gasteiger charge is 2.44. The molecule has 6 rings (SSSR count). The number of carbonyl (C=O) groups excluding carboxylic acids is 1. The second-order valence-corrected chi connectivity index (χ2v) is 8.75. The molecule has 3 aliphatic rings. The Bertz CT molecular complexity index is 1260.